The van der Waals surface area contributed by atoms with Crippen molar-refractivity contribution in [2.45, 2.75) is 25.2 Å². The molecule has 2 N–H and O–H groups in total. The third-order valence-electron chi connectivity index (χ3n) is 5.95. The summed E-state index contributed by atoms with van der Waals surface area (Å²) >= 11 is 0. The molecule has 0 saturated carbocycles. The Hall–Kier alpha value is -3.46. The molecule has 0 atom stereocenters. The molecule has 1 aromatic heterocycles. The van der Waals surface area contributed by atoms with Crippen LogP contribution in [0, 0.1) is 17.0 Å². The summed E-state index contributed by atoms with van der Waals surface area (Å²) in [5.41, 5.74) is 2.00. The highest BCUT2D eigenvalue weighted by atomic mass is 16.6. The van der Waals surface area contributed by atoms with E-state index >= 15 is 0 Å². The van der Waals surface area contributed by atoms with E-state index in [1.54, 1.807) is 13.2 Å². The minimum Gasteiger partial charge on any atom is -0.496 e. The number of methoxy groups -OCH3 is 1. The van der Waals surface area contributed by atoms with Gasteiger partial charge in [-0.05, 0) is 31.9 Å². The summed E-state index contributed by atoms with van der Waals surface area (Å²) in [6.45, 7) is 3.66. The molecule has 2 aromatic carbocycles. The number of nitrogens with zero attached hydrogens (tertiary/aromatic N) is 2. The first kappa shape index (κ1) is 20.8. The van der Waals surface area contributed by atoms with Gasteiger partial charge in [0.15, 0.2) is 0 Å². The molecule has 0 bridgehead atoms. The van der Waals surface area contributed by atoms with Gasteiger partial charge in [-0.3, -0.25) is 14.9 Å². The fraction of sp³-hybridized carbons (Fsp3) is 0.364. The lowest BCUT2D eigenvalue weighted by Crippen LogP contribution is -2.40. The van der Waals surface area contributed by atoms with Crippen LogP contribution in [-0.4, -0.2) is 41.8 Å². The number of benzene rings is 2. The van der Waals surface area contributed by atoms with Crippen molar-refractivity contribution < 1.29 is 14.4 Å². The SMILES string of the molecule is COc1ccc(C)cc1C1(CNc2cc3nc[nH]c(=O)c3cc2[N+](=O)[O-])CCOCC1. The minimum absolute atomic E-state index is 0.163. The van der Waals surface area contributed by atoms with Gasteiger partial charge in [-0.2, -0.15) is 0 Å². The van der Waals surface area contributed by atoms with Gasteiger partial charge in [-0.1, -0.05) is 17.7 Å². The third kappa shape index (κ3) is 3.96. The predicted molar refractivity (Wildman–Crippen MR) is 117 cm³/mol. The number of ether oxygens (including phenoxy) is 2. The van der Waals surface area contributed by atoms with Crippen LogP contribution in [0.2, 0.25) is 0 Å². The number of nitro groups is 1. The molecule has 0 aliphatic carbocycles. The molecule has 1 fully saturated rings. The average Bonchev–Trinajstić information content (AvgIpc) is 2.78. The van der Waals surface area contributed by atoms with Crippen molar-refractivity contribution in [3.05, 3.63) is 68.3 Å². The molecule has 9 heteroatoms. The molecule has 0 amide bonds. The van der Waals surface area contributed by atoms with Crippen molar-refractivity contribution in [2.75, 3.05) is 32.2 Å². The van der Waals surface area contributed by atoms with Gasteiger partial charge < -0.3 is 19.8 Å². The van der Waals surface area contributed by atoms with Crippen LogP contribution in [0.15, 0.2) is 41.5 Å². The van der Waals surface area contributed by atoms with E-state index in [9.17, 15) is 14.9 Å². The first-order valence-electron chi connectivity index (χ1n) is 10.1. The van der Waals surface area contributed by atoms with Gasteiger partial charge in [0.25, 0.3) is 11.2 Å². The van der Waals surface area contributed by atoms with Crippen LogP contribution in [0.4, 0.5) is 11.4 Å². The zero-order valence-corrected chi connectivity index (χ0v) is 17.4. The van der Waals surface area contributed by atoms with Crippen LogP contribution in [0.5, 0.6) is 5.75 Å². The van der Waals surface area contributed by atoms with E-state index in [4.69, 9.17) is 9.47 Å². The number of hydrogen-bond donors (Lipinski definition) is 2. The monoisotopic (exact) mass is 424 g/mol. The predicted octanol–water partition coefficient (Wildman–Crippen LogP) is 3.31. The van der Waals surface area contributed by atoms with Crippen LogP contribution in [0.1, 0.15) is 24.0 Å². The molecule has 4 rings (SSSR count). The minimum atomic E-state index is -0.488. The van der Waals surface area contributed by atoms with E-state index in [1.165, 1.54) is 12.4 Å². The first-order chi connectivity index (χ1) is 14.9. The number of H-pyrrole nitrogens is 1. The standard InChI is InChI=1S/C22H24N4O5/c1-14-3-4-20(30-2)16(9-14)22(5-7-31-8-6-22)12-23-18-11-17-15(10-19(18)26(28)29)21(27)25-13-24-17/h3-4,9-11,13,23H,5-8,12H2,1-2H3,(H,24,25,27). The molecule has 3 aromatic rings. The normalized spacial score (nSPS) is 15.5. The van der Waals surface area contributed by atoms with Crippen molar-refractivity contribution in [2.24, 2.45) is 0 Å². The molecule has 0 radical (unpaired) electrons. The second-order valence-corrected chi connectivity index (χ2v) is 7.83. The van der Waals surface area contributed by atoms with Crippen molar-refractivity contribution in [3.8, 4) is 5.75 Å². The van der Waals surface area contributed by atoms with Crippen LogP contribution in [0.3, 0.4) is 0 Å². The van der Waals surface area contributed by atoms with Crippen LogP contribution < -0.4 is 15.6 Å². The molecule has 162 valence electrons. The summed E-state index contributed by atoms with van der Waals surface area (Å²) in [6.07, 6.45) is 2.79. The number of fused-ring (bicyclic) bond motifs is 1. The molecule has 0 spiro atoms. The number of aryl methyl sites for hydroxylation is 1. The summed E-state index contributed by atoms with van der Waals surface area (Å²) in [5, 5.41) is 15.2. The highest BCUT2D eigenvalue weighted by Gasteiger charge is 2.37. The van der Waals surface area contributed by atoms with E-state index < -0.39 is 10.5 Å². The molecular weight excluding hydrogens is 400 g/mol. The first-order valence-corrected chi connectivity index (χ1v) is 10.1. The maximum Gasteiger partial charge on any atom is 0.293 e. The van der Waals surface area contributed by atoms with Crippen molar-refractivity contribution >= 4 is 22.3 Å². The molecule has 1 aliphatic rings. The number of nitro benzene ring substituents is 1. The van der Waals surface area contributed by atoms with Gasteiger partial charge in [0.2, 0.25) is 0 Å². The van der Waals surface area contributed by atoms with E-state index in [-0.39, 0.29) is 16.5 Å². The Balaban J connectivity index is 1.76. The maximum atomic E-state index is 12.0. The van der Waals surface area contributed by atoms with Crippen molar-refractivity contribution in [3.63, 3.8) is 0 Å². The topological polar surface area (TPSA) is 119 Å². The van der Waals surface area contributed by atoms with Gasteiger partial charge in [0, 0.05) is 36.8 Å². The number of anilines is 1. The highest BCUT2D eigenvalue weighted by Crippen LogP contribution is 2.41. The average molecular weight is 424 g/mol. The number of hydrogen-bond acceptors (Lipinski definition) is 7. The van der Waals surface area contributed by atoms with E-state index in [0.717, 1.165) is 29.7 Å². The molecule has 9 nitrogen and oxygen atoms in total. The highest BCUT2D eigenvalue weighted by molar-refractivity contribution is 5.86. The van der Waals surface area contributed by atoms with Gasteiger partial charge in [-0.15, -0.1) is 0 Å². The zero-order chi connectivity index (χ0) is 22.0. The Morgan fingerprint density at radius 1 is 1.29 bits per heavy atom. The molecule has 31 heavy (non-hydrogen) atoms. The zero-order valence-electron chi connectivity index (χ0n) is 17.4. The second kappa shape index (κ2) is 8.35. The fourth-order valence-electron chi connectivity index (χ4n) is 4.20. The Morgan fingerprint density at radius 3 is 2.77 bits per heavy atom. The molecular formula is C22H24N4O5. The fourth-order valence-corrected chi connectivity index (χ4v) is 4.20. The lowest BCUT2D eigenvalue weighted by molar-refractivity contribution is -0.383. The van der Waals surface area contributed by atoms with Gasteiger partial charge in [0.05, 0.1) is 29.3 Å². The Bertz CT molecular complexity index is 1180. The molecule has 2 heterocycles. The van der Waals surface area contributed by atoms with Crippen LogP contribution in [-0.2, 0) is 10.2 Å². The quantitative estimate of drug-likeness (QED) is 0.460. The molecule has 1 saturated heterocycles. The van der Waals surface area contributed by atoms with Crippen LogP contribution in [0.25, 0.3) is 10.9 Å². The number of nitrogens with one attached hydrogen (secondary N) is 2. The lowest BCUT2D eigenvalue weighted by Gasteiger charge is -2.39. The maximum absolute atomic E-state index is 12.0. The largest absolute Gasteiger partial charge is 0.496 e. The van der Waals surface area contributed by atoms with Gasteiger partial charge in [0.1, 0.15) is 11.4 Å². The van der Waals surface area contributed by atoms with Crippen LogP contribution >= 0.6 is 0 Å². The molecule has 0 unspecified atom stereocenters. The van der Waals surface area contributed by atoms with E-state index in [1.807, 2.05) is 19.1 Å². The Morgan fingerprint density at radius 2 is 2.06 bits per heavy atom. The van der Waals surface area contributed by atoms with Gasteiger partial charge in [-0.25, -0.2) is 4.98 Å². The van der Waals surface area contributed by atoms with Gasteiger partial charge >= 0.3 is 0 Å². The van der Waals surface area contributed by atoms with E-state index in [0.29, 0.717) is 31.0 Å². The summed E-state index contributed by atoms with van der Waals surface area (Å²) in [6, 6.07) is 8.90. The summed E-state index contributed by atoms with van der Waals surface area (Å²) in [5.74, 6) is 0.788. The van der Waals surface area contributed by atoms with E-state index in [2.05, 4.69) is 21.4 Å². The smallest absolute Gasteiger partial charge is 0.293 e. The lowest BCUT2D eigenvalue weighted by atomic mass is 9.73. The third-order valence-corrected chi connectivity index (χ3v) is 5.95. The summed E-state index contributed by atoms with van der Waals surface area (Å²) in [7, 11) is 1.64. The number of aromatic nitrogens is 2. The summed E-state index contributed by atoms with van der Waals surface area (Å²) in [4.78, 5) is 29.9. The second-order valence-electron chi connectivity index (χ2n) is 7.83. The Kier molecular flexibility index (Phi) is 5.60. The van der Waals surface area contributed by atoms with Crippen molar-refractivity contribution in [1.82, 2.24) is 9.97 Å². The number of rotatable bonds is 6. The van der Waals surface area contributed by atoms with Crippen molar-refractivity contribution in [1.29, 1.82) is 0 Å². The Labute approximate surface area is 178 Å². The molecule has 1 aliphatic heterocycles. The summed E-state index contributed by atoms with van der Waals surface area (Å²) < 4.78 is 11.2. The number of aromatic amines is 1.